The lowest BCUT2D eigenvalue weighted by atomic mass is 9.72. The van der Waals surface area contributed by atoms with Gasteiger partial charge >= 0.3 is 13.1 Å². The summed E-state index contributed by atoms with van der Waals surface area (Å²) in [4.78, 5) is 24.0. The maximum atomic E-state index is 12.2. The number of rotatable bonds is 6. The predicted molar refractivity (Wildman–Crippen MR) is 88.1 cm³/mol. The summed E-state index contributed by atoms with van der Waals surface area (Å²) in [6, 6.07) is 3.40. The van der Waals surface area contributed by atoms with Crippen LogP contribution in [-0.4, -0.2) is 43.7 Å². The molecule has 1 amide bonds. The van der Waals surface area contributed by atoms with Crippen LogP contribution in [0, 0.1) is 0 Å². The van der Waals surface area contributed by atoms with Gasteiger partial charge < -0.3 is 24.5 Å². The summed E-state index contributed by atoms with van der Waals surface area (Å²) in [6.45, 7) is 3.82. The molecule has 1 aliphatic rings. The zero-order valence-corrected chi connectivity index (χ0v) is 14.1. The molecule has 0 aliphatic carbocycles. The monoisotopic (exact) mass is 335 g/mol. The van der Waals surface area contributed by atoms with Crippen LogP contribution in [0.15, 0.2) is 12.1 Å². The topological polar surface area (TPSA) is 94.1 Å². The van der Waals surface area contributed by atoms with Crippen LogP contribution in [0.25, 0.3) is 0 Å². The Hall–Kier alpha value is -2.22. The van der Waals surface area contributed by atoms with Gasteiger partial charge in [-0.3, -0.25) is 4.79 Å². The standard InChI is InChI=1S/C16H22BNO6/c1-4-6-13(19)18-12-9-10-7-8-11(22-3)14(16(20)23-5-2)15(10)24-17(12)21/h7-8,12,21H,4-6,9H2,1-3H3,(H,18,19)/t12-/m0/s1. The van der Waals surface area contributed by atoms with Crippen molar-refractivity contribution in [2.75, 3.05) is 13.7 Å². The van der Waals surface area contributed by atoms with E-state index in [4.69, 9.17) is 14.1 Å². The molecule has 2 N–H and O–H groups in total. The van der Waals surface area contributed by atoms with Crippen LogP contribution < -0.4 is 14.7 Å². The normalized spacial score (nSPS) is 16.0. The average Bonchev–Trinajstić information content (AvgIpc) is 2.55. The van der Waals surface area contributed by atoms with E-state index in [-0.39, 0.29) is 23.8 Å². The van der Waals surface area contributed by atoms with E-state index in [9.17, 15) is 14.6 Å². The summed E-state index contributed by atoms with van der Waals surface area (Å²) >= 11 is 0. The van der Waals surface area contributed by atoms with E-state index in [1.54, 1.807) is 19.1 Å². The van der Waals surface area contributed by atoms with Crippen LogP contribution in [0.5, 0.6) is 11.5 Å². The number of esters is 1. The number of hydrogen-bond donors (Lipinski definition) is 2. The second kappa shape index (κ2) is 8.05. The average molecular weight is 335 g/mol. The fraction of sp³-hybridized carbons (Fsp3) is 0.500. The molecule has 0 saturated heterocycles. The summed E-state index contributed by atoms with van der Waals surface area (Å²) in [5.41, 5.74) is 0.847. The Morgan fingerprint density at radius 1 is 1.42 bits per heavy atom. The van der Waals surface area contributed by atoms with Crippen LogP contribution in [-0.2, 0) is 16.0 Å². The van der Waals surface area contributed by atoms with Crippen LogP contribution in [0.3, 0.4) is 0 Å². The predicted octanol–water partition coefficient (Wildman–Crippen LogP) is 1.11. The lowest BCUT2D eigenvalue weighted by Crippen LogP contribution is -2.53. The highest BCUT2D eigenvalue weighted by Gasteiger charge is 2.38. The summed E-state index contributed by atoms with van der Waals surface area (Å²) in [6.07, 6.45) is 1.45. The van der Waals surface area contributed by atoms with Gasteiger partial charge in [0.05, 0.1) is 19.7 Å². The first kappa shape index (κ1) is 18.1. The second-order valence-corrected chi connectivity index (χ2v) is 5.49. The maximum absolute atomic E-state index is 12.2. The van der Waals surface area contributed by atoms with Crippen molar-refractivity contribution in [3.8, 4) is 11.5 Å². The number of carbonyl (C=O) groups excluding carboxylic acids is 2. The first-order valence-corrected chi connectivity index (χ1v) is 8.02. The zero-order chi connectivity index (χ0) is 17.7. The first-order valence-electron chi connectivity index (χ1n) is 8.02. The molecule has 2 rings (SSSR count). The first-order chi connectivity index (χ1) is 11.5. The molecule has 8 heteroatoms. The van der Waals surface area contributed by atoms with Crippen LogP contribution in [0.4, 0.5) is 0 Å². The Balaban J connectivity index is 2.31. The van der Waals surface area contributed by atoms with E-state index in [2.05, 4.69) is 5.32 Å². The van der Waals surface area contributed by atoms with E-state index < -0.39 is 19.0 Å². The summed E-state index contributed by atoms with van der Waals surface area (Å²) < 4.78 is 15.8. The molecule has 1 heterocycles. The number of nitrogens with one attached hydrogen (secondary N) is 1. The van der Waals surface area contributed by atoms with E-state index in [0.29, 0.717) is 24.2 Å². The van der Waals surface area contributed by atoms with Gasteiger partial charge in [-0.25, -0.2) is 4.79 Å². The molecule has 0 aromatic heterocycles. The molecule has 7 nitrogen and oxygen atoms in total. The molecule has 1 atom stereocenters. The zero-order valence-electron chi connectivity index (χ0n) is 14.1. The van der Waals surface area contributed by atoms with Gasteiger partial charge in [0.25, 0.3) is 0 Å². The number of methoxy groups -OCH3 is 1. The summed E-state index contributed by atoms with van der Waals surface area (Å²) in [5, 5.41) is 13.0. The fourth-order valence-corrected chi connectivity index (χ4v) is 2.64. The van der Waals surface area contributed by atoms with Gasteiger partial charge in [0, 0.05) is 6.42 Å². The molecule has 1 aromatic rings. The number of hydrogen-bond acceptors (Lipinski definition) is 6. The van der Waals surface area contributed by atoms with Crippen molar-refractivity contribution in [3.05, 3.63) is 23.3 Å². The number of carbonyl (C=O) groups is 2. The molecular formula is C16H22BNO6. The van der Waals surface area contributed by atoms with E-state index in [1.807, 2.05) is 6.92 Å². The van der Waals surface area contributed by atoms with Crippen molar-refractivity contribution in [2.24, 2.45) is 0 Å². The quantitative estimate of drug-likeness (QED) is 0.597. The maximum Gasteiger partial charge on any atom is 0.547 e. The van der Waals surface area contributed by atoms with Crippen molar-refractivity contribution in [2.45, 2.75) is 39.1 Å². The lowest BCUT2D eigenvalue weighted by Gasteiger charge is -2.29. The molecule has 0 radical (unpaired) electrons. The highest BCUT2D eigenvalue weighted by atomic mass is 16.5. The molecule has 0 bridgehead atoms. The van der Waals surface area contributed by atoms with Gasteiger partial charge in [-0.05, 0) is 31.4 Å². The van der Waals surface area contributed by atoms with Crippen LogP contribution >= 0.6 is 0 Å². The SMILES string of the molecule is CCCC(=O)N[C@H]1Cc2ccc(OC)c(C(=O)OCC)c2OB1O. The smallest absolute Gasteiger partial charge is 0.534 e. The summed E-state index contributed by atoms with van der Waals surface area (Å²) in [7, 11) is 0.191. The van der Waals surface area contributed by atoms with Crippen molar-refractivity contribution < 1.29 is 28.7 Å². The van der Waals surface area contributed by atoms with Gasteiger partial charge in [0.2, 0.25) is 5.91 Å². The van der Waals surface area contributed by atoms with Gasteiger partial charge in [-0.2, -0.15) is 0 Å². The number of amides is 1. The fourth-order valence-electron chi connectivity index (χ4n) is 2.64. The van der Waals surface area contributed by atoms with Crippen molar-refractivity contribution in [3.63, 3.8) is 0 Å². The number of ether oxygens (including phenoxy) is 2. The Morgan fingerprint density at radius 2 is 2.17 bits per heavy atom. The summed E-state index contributed by atoms with van der Waals surface area (Å²) in [5.74, 6) is -0.742. The molecule has 0 fully saturated rings. The minimum atomic E-state index is -1.25. The lowest BCUT2D eigenvalue weighted by molar-refractivity contribution is -0.121. The highest BCUT2D eigenvalue weighted by Crippen LogP contribution is 2.36. The van der Waals surface area contributed by atoms with Gasteiger partial charge in [-0.15, -0.1) is 0 Å². The van der Waals surface area contributed by atoms with Crippen molar-refractivity contribution in [1.29, 1.82) is 0 Å². The second-order valence-electron chi connectivity index (χ2n) is 5.49. The van der Waals surface area contributed by atoms with Crippen molar-refractivity contribution in [1.82, 2.24) is 5.32 Å². The van der Waals surface area contributed by atoms with Gasteiger partial charge in [-0.1, -0.05) is 13.0 Å². The highest BCUT2D eigenvalue weighted by molar-refractivity contribution is 6.47. The third-order valence-electron chi connectivity index (χ3n) is 3.75. The minimum absolute atomic E-state index is 0.146. The molecule has 24 heavy (non-hydrogen) atoms. The third kappa shape index (κ3) is 3.81. The molecule has 0 saturated carbocycles. The Bertz CT molecular complexity index is 621. The number of fused-ring (bicyclic) bond motifs is 1. The largest absolute Gasteiger partial charge is 0.547 e. The van der Waals surface area contributed by atoms with Gasteiger partial charge in [0.1, 0.15) is 17.1 Å². The van der Waals surface area contributed by atoms with Crippen molar-refractivity contribution >= 4 is 19.0 Å². The molecule has 0 unspecified atom stereocenters. The Labute approximate surface area is 141 Å². The molecule has 1 aromatic carbocycles. The molecular weight excluding hydrogens is 313 g/mol. The third-order valence-corrected chi connectivity index (χ3v) is 3.75. The molecule has 130 valence electrons. The molecule has 1 aliphatic heterocycles. The Morgan fingerprint density at radius 3 is 2.79 bits per heavy atom. The van der Waals surface area contributed by atoms with Crippen LogP contribution in [0.1, 0.15) is 42.6 Å². The van der Waals surface area contributed by atoms with E-state index in [1.165, 1.54) is 7.11 Å². The van der Waals surface area contributed by atoms with E-state index in [0.717, 1.165) is 6.42 Å². The Kier molecular flexibility index (Phi) is 6.08. The van der Waals surface area contributed by atoms with E-state index >= 15 is 0 Å². The van der Waals surface area contributed by atoms with Crippen LogP contribution in [0.2, 0.25) is 0 Å². The van der Waals surface area contributed by atoms with Gasteiger partial charge in [0.15, 0.2) is 0 Å². The molecule has 0 spiro atoms. The number of benzene rings is 1. The minimum Gasteiger partial charge on any atom is -0.534 e.